The van der Waals surface area contributed by atoms with Crippen molar-refractivity contribution in [3.63, 3.8) is 0 Å². The Hall–Kier alpha value is -2.83. The number of aliphatic carboxylic acids is 1. The molecule has 0 radical (unpaired) electrons. The van der Waals surface area contributed by atoms with E-state index in [-0.39, 0.29) is 24.4 Å². The molecule has 1 aliphatic rings. The second kappa shape index (κ2) is 8.46. The molecule has 0 bridgehead atoms. The maximum atomic E-state index is 13.0. The molecule has 28 heavy (non-hydrogen) atoms. The van der Waals surface area contributed by atoms with Gasteiger partial charge in [-0.25, -0.2) is 0 Å². The van der Waals surface area contributed by atoms with E-state index in [2.05, 4.69) is 0 Å². The highest BCUT2D eigenvalue weighted by Gasteiger charge is 2.30. The van der Waals surface area contributed by atoms with Crippen LogP contribution in [0.15, 0.2) is 34.7 Å². The molecule has 0 saturated carbocycles. The van der Waals surface area contributed by atoms with E-state index < -0.39 is 11.9 Å². The quantitative estimate of drug-likeness (QED) is 0.853. The number of fused-ring (bicyclic) bond motifs is 1. The topological polar surface area (TPSA) is 91.1 Å². The van der Waals surface area contributed by atoms with Gasteiger partial charge < -0.3 is 19.3 Å². The highest BCUT2D eigenvalue weighted by Crippen LogP contribution is 2.27. The summed E-state index contributed by atoms with van der Waals surface area (Å²) >= 11 is 0. The molecule has 1 aliphatic heterocycles. The van der Waals surface area contributed by atoms with Crippen molar-refractivity contribution in [2.75, 3.05) is 19.6 Å². The molecule has 0 aliphatic carbocycles. The Morgan fingerprint density at radius 1 is 1.25 bits per heavy atom. The fraction of sp³-hybridized carbons (Fsp3) is 0.476. The number of carboxylic acid groups (broad SMARTS) is 1. The van der Waals surface area contributed by atoms with Gasteiger partial charge in [-0.15, -0.1) is 0 Å². The van der Waals surface area contributed by atoms with Crippen LogP contribution < -0.4 is 0 Å². The lowest BCUT2D eigenvalue weighted by molar-refractivity contribution is -0.145. The minimum atomic E-state index is -1.02. The fourth-order valence-electron chi connectivity index (χ4n) is 3.87. The molecule has 1 aromatic carbocycles. The van der Waals surface area contributed by atoms with Crippen LogP contribution in [0.25, 0.3) is 11.0 Å². The third kappa shape index (κ3) is 4.35. The third-order valence-electron chi connectivity index (χ3n) is 5.40. The molecule has 2 aromatic rings. The van der Waals surface area contributed by atoms with E-state index in [0.717, 1.165) is 17.4 Å². The van der Waals surface area contributed by atoms with Crippen LogP contribution in [0, 0.1) is 0 Å². The molecule has 3 rings (SSSR count). The average molecular weight is 386 g/mol. The Balaban J connectivity index is 1.67. The lowest BCUT2D eigenvalue weighted by Gasteiger charge is -2.29. The number of carbonyl (C=O) groups is 3. The number of hydrogen-bond donors (Lipinski definition) is 1. The summed E-state index contributed by atoms with van der Waals surface area (Å²) in [5.74, 6) is -1.03. The number of furan rings is 1. The zero-order chi connectivity index (χ0) is 20.3. The van der Waals surface area contributed by atoms with Gasteiger partial charge in [0.1, 0.15) is 17.9 Å². The smallest absolute Gasteiger partial charge is 0.323 e. The first-order valence-electron chi connectivity index (χ1n) is 9.63. The fourth-order valence-corrected chi connectivity index (χ4v) is 3.87. The Morgan fingerprint density at radius 3 is 2.68 bits per heavy atom. The van der Waals surface area contributed by atoms with Gasteiger partial charge in [0, 0.05) is 31.4 Å². The van der Waals surface area contributed by atoms with Crippen LogP contribution in [0.5, 0.6) is 0 Å². The van der Waals surface area contributed by atoms with Gasteiger partial charge in [0.25, 0.3) is 0 Å². The van der Waals surface area contributed by atoms with E-state index in [1.807, 2.05) is 37.3 Å². The number of nitrogens with zero attached hydrogens (tertiary/aromatic N) is 2. The van der Waals surface area contributed by atoms with Crippen molar-refractivity contribution < 1.29 is 23.9 Å². The number of likely N-dealkylation sites (tertiary alicyclic amines) is 1. The summed E-state index contributed by atoms with van der Waals surface area (Å²) in [6.07, 6.45) is 1.99. The molecule has 0 spiro atoms. The van der Waals surface area contributed by atoms with Gasteiger partial charge in [-0.3, -0.25) is 14.4 Å². The van der Waals surface area contributed by atoms with Crippen LogP contribution in [0.2, 0.25) is 0 Å². The normalized spacial score (nSPS) is 18.5. The Labute approximate surface area is 163 Å². The number of benzene rings is 1. The molecule has 2 unspecified atom stereocenters. The molecule has 1 N–H and O–H groups in total. The van der Waals surface area contributed by atoms with Gasteiger partial charge in [-0.1, -0.05) is 18.2 Å². The number of amides is 2. The summed E-state index contributed by atoms with van der Waals surface area (Å²) in [6, 6.07) is 9.41. The molecule has 7 nitrogen and oxygen atoms in total. The van der Waals surface area contributed by atoms with Gasteiger partial charge >= 0.3 is 5.97 Å². The maximum absolute atomic E-state index is 13.0. The molecule has 2 atom stereocenters. The van der Waals surface area contributed by atoms with Gasteiger partial charge in [0.15, 0.2) is 0 Å². The number of rotatable bonds is 5. The third-order valence-corrected chi connectivity index (χ3v) is 5.40. The zero-order valence-corrected chi connectivity index (χ0v) is 16.3. The van der Waals surface area contributed by atoms with E-state index in [9.17, 15) is 14.4 Å². The highest BCUT2D eigenvalue weighted by atomic mass is 16.4. The van der Waals surface area contributed by atoms with Crippen LogP contribution in [0.1, 0.15) is 44.8 Å². The minimum absolute atomic E-state index is 0.00712. The molecule has 2 heterocycles. The van der Waals surface area contributed by atoms with Gasteiger partial charge in [0.05, 0.1) is 5.92 Å². The molecule has 1 saturated heterocycles. The summed E-state index contributed by atoms with van der Waals surface area (Å²) in [6.45, 7) is 4.02. The second-order valence-electron chi connectivity index (χ2n) is 7.36. The van der Waals surface area contributed by atoms with Crippen LogP contribution in [-0.2, 0) is 14.4 Å². The maximum Gasteiger partial charge on any atom is 0.323 e. The van der Waals surface area contributed by atoms with Crippen molar-refractivity contribution in [1.82, 2.24) is 9.80 Å². The van der Waals surface area contributed by atoms with Gasteiger partial charge in [-0.05, 0) is 38.3 Å². The molecule has 150 valence electrons. The lowest BCUT2D eigenvalue weighted by Crippen LogP contribution is -2.43. The number of hydrogen-bond acceptors (Lipinski definition) is 4. The first kappa shape index (κ1) is 19.9. The van der Waals surface area contributed by atoms with Crippen molar-refractivity contribution in [3.8, 4) is 0 Å². The van der Waals surface area contributed by atoms with Crippen LogP contribution >= 0.6 is 0 Å². The van der Waals surface area contributed by atoms with Crippen molar-refractivity contribution in [2.45, 2.75) is 45.1 Å². The van der Waals surface area contributed by atoms with Crippen LogP contribution in [0.4, 0.5) is 0 Å². The summed E-state index contributed by atoms with van der Waals surface area (Å²) in [4.78, 5) is 39.1. The van der Waals surface area contributed by atoms with E-state index in [1.54, 1.807) is 4.90 Å². The Morgan fingerprint density at radius 2 is 2.00 bits per heavy atom. The van der Waals surface area contributed by atoms with Crippen LogP contribution in [0.3, 0.4) is 0 Å². The van der Waals surface area contributed by atoms with Crippen LogP contribution in [-0.4, -0.2) is 58.4 Å². The highest BCUT2D eigenvalue weighted by molar-refractivity contribution is 5.85. The van der Waals surface area contributed by atoms with Gasteiger partial charge in [0.2, 0.25) is 11.8 Å². The Kier molecular flexibility index (Phi) is 6.02. The van der Waals surface area contributed by atoms with E-state index >= 15 is 0 Å². The van der Waals surface area contributed by atoms with E-state index in [1.165, 1.54) is 11.8 Å². The first-order chi connectivity index (χ1) is 13.4. The van der Waals surface area contributed by atoms with Crippen molar-refractivity contribution >= 4 is 28.8 Å². The summed E-state index contributed by atoms with van der Waals surface area (Å²) in [7, 11) is 0. The summed E-state index contributed by atoms with van der Waals surface area (Å²) in [5.41, 5.74) is 0.763. The molecular weight excluding hydrogens is 360 g/mol. The first-order valence-corrected chi connectivity index (χ1v) is 9.63. The molecule has 7 heteroatoms. The van der Waals surface area contributed by atoms with Crippen molar-refractivity contribution in [1.29, 1.82) is 0 Å². The summed E-state index contributed by atoms with van der Waals surface area (Å²) < 4.78 is 5.84. The summed E-state index contributed by atoms with van der Waals surface area (Å²) in [5, 5.41) is 10.0. The largest absolute Gasteiger partial charge is 0.480 e. The lowest BCUT2D eigenvalue weighted by atomic mass is 10.1. The molecular formula is C21H26N2O5. The van der Waals surface area contributed by atoms with Crippen molar-refractivity contribution in [3.05, 3.63) is 36.1 Å². The monoisotopic (exact) mass is 386 g/mol. The predicted molar refractivity (Wildman–Crippen MR) is 104 cm³/mol. The standard InChI is InChI=1S/C21H26N2O5/c1-14(19-12-16-6-3-4-8-18(16)28-19)21(27)22-10-5-7-17(9-11-22)23(15(2)24)13-20(25)26/h3-4,6,8,12,14,17H,5,7,9-11,13H2,1-2H3,(H,25,26). The SMILES string of the molecule is CC(=O)N(CC(=O)O)C1CCCN(C(=O)C(C)c2cc3ccccc3o2)CC1. The van der Waals surface area contributed by atoms with E-state index in [4.69, 9.17) is 9.52 Å². The zero-order valence-electron chi connectivity index (χ0n) is 16.3. The molecule has 1 aromatic heterocycles. The number of carboxylic acids is 1. The van der Waals surface area contributed by atoms with Gasteiger partial charge in [-0.2, -0.15) is 0 Å². The predicted octanol–water partition coefficient (Wildman–Crippen LogP) is 2.85. The Bertz CT molecular complexity index is 842. The minimum Gasteiger partial charge on any atom is -0.480 e. The van der Waals surface area contributed by atoms with E-state index in [0.29, 0.717) is 31.7 Å². The number of para-hydroxylation sites is 1. The van der Waals surface area contributed by atoms with Crippen molar-refractivity contribution in [2.24, 2.45) is 0 Å². The molecule has 1 fully saturated rings. The number of carbonyl (C=O) groups excluding carboxylic acids is 2. The second-order valence-corrected chi connectivity index (χ2v) is 7.36. The molecule has 2 amide bonds. The average Bonchev–Trinajstić information content (AvgIpc) is 2.95.